The van der Waals surface area contributed by atoms with E-state index in [1.807, 2.05) is 24.3 Å². The van der Waals surface area contributed by atoms with Crippen molar-refractivity contribution >= 4 is 11.9 Å². The number of likely N-dealkylation sites (N-methyl/N-ethyl adjacent to an activating group) is 2. The van der Waals surface area contributed by atoms with Gasteiger partial charge in [0, 0.05) is 43.2 Å². The molecule has 69 heavy (non-hydrogen) atoms. The number of quaternary nitrogens is 2. The molecule has 4 aromatic rings. The van der Waals surface area contributed by atoms with Crippen LogP contribution in [0.4, 0.5) is 0 Å². The summed E-state index contributed by atoms with van der Waals surface area (Å²) in [6.45, 7) is 3.48. The van der Waals surface area contributed by atoms with Crippen LogP contribution in [-0.2, 0) is 38.3 Å². The van der Waals surface area contributed by atoms with Gasteiger partial charge >= 0.3 is 11.9 Å². The van der Waals surface area contributed by atoms with Crippen LogP contribution in [0.25, 0.3) is 0 Å². The van der Waals surface area contributed by atoms with E-state index >= 15 is 0 Å². The molecule has 0 bridgehead atoms. The van der Waals surface area contributed by atoms with E-state index in [2.05, 4.69) is 38.4 Å². The second kappa shape index (κ2) is 23.4. The Bertz CT molecular complexity index is 2400. The monoisotopic (exact) mass is 960 g/mol. The molecule has 0 amide bonds. The normalized spacial score (nSPS) is 19.2. The van der Waals surface area contributed by atoms with Gasteiger partial charge in [-0.3, -0.25) is 9.59 Å². The highest BCUT2D eigenvalue weighted by molar-refractivity contribution is 5.77. The lowest BCUT2D eigenvalue weighted by Crippen LogP contribution is -2.52. The summed E-state index contributed by atoms with van der Waals surface area (Å²) in [5, 5.41) is 0. The summed E-state index contributed by atoms with van der Waals surface area (Å²) in [6.07, 6.45) is 3.33. The smallest absolute Gasteiger partial charge is 0.306 e. The molecule has 0 aromatic heterocycles. The van der Waals surface area contributed by atoms with Crippen molar-refractivity contribution in [2.45, 2.75) is 57.0 Å². The molecule has 4 aromatic carbocycles. The Hall–Kier alpha value is -6.26. The van der Waals surface area contributed by atoms with Crippen LogP contribution < -0.4 is 47.4 Å². The fourth-order valence-corrected chi connectivity index (χ4v) is 10.3. The van der Waals surface area contributed by atoms with E-state index in [4.69, 9.17) is 56.8 Å². The average molecular weight is 961 g/mol. The molecule has 0 spiro atoms. The van der Waals surface area contributed by atoms with Gasteiger partial charge in [0.2, 0.25) is 11.5 Å². The maximum absolute atomic E-state index is 13.0. The molecular weight excluding hydrogens is 889 g/mol. The summed E-state index contributed by atoms with van der Waals surface area (Å²) in [5.41, 5.74) is 6.50. The number of carbonyl (C=O) groups excluding carboxylic acids is 2. The van der Waals surface area contributed by atoms with Crippen molar-refractivity contribution in [3.63, 3.8) is 0 Å². The van der Waals surface area contributed by atoms with Gasteiger partial charge in [0.1, 0.15) is 12.1 Å². The molecule has 376 valence electrons. The molecule has 0 N–H and O–H groups in total. The van der Waals surface area contributed by atoms with Crippen molar-refractivity contribution < 1.29 is 75.4 Å². The fraction of sp³-hybridized carbons (Fsp3) is 0.509. The zero-order valence-corrected chi connectivity index (χ0v) is 42.6. The van der Waals surface area contributed by atoms with E-state index in [9.17, 15) is 9.59 Å². The topological polar surface area (TPSA) is 145 Å². The highest BCUT2D eigenvalue weighted by atomic mass is 16.6. The summed E-state index contributed by atoms with van der Waals surface area (Å²) in [7, 11) is 20.7. The molecule has 0 saturated heterocycles. The SMILES string of the molecule is COc1ccc(CC2c3c(cc(OC)c(OC)c3OC)CC[N+]2(C)CCCOC(=O)CCC(=O)OCCC[N+]2(C)CCc3cc(OC)c(OC)cc3C2c2cc(OC)c(OC)c(OC)c2)cc1OC. The molecule has 0 saturated carbocycles. The van der Waals surface area contributed by atoms with Gasteiger partial charge < -0.3 is 65.8 Å². The largest absolute Gasteiger partial charge is 0.493 e. The lowest BCUT2D eigenvalue weighted by molar-refractivity contribution is -0.941. The predicted molar refractivity (Wildman–Crippen MR) is 259 cm³/mol. The second-order valence-corrected chi connectivity index (χ2v) is 17.9. The molecule has 0 radical (unpaired) electrons. The quantitative estimate of drug-likeness (QED) is 0.0388. The lowest BCUT2D eigenvalue weighted by atomic mass is 9.85. The minimum atomic E-state index is -0.444. The molecular formula is C53H72N2O14+2. The maximum atomic E-state index is 13.0. The lowest BCUT2D eigenvalue weighted by Gasteiger charge is -2.46. The number of rotatable bonds is 24. The summed E-state index contributed by atoms with van der Waals surface area (Å²) in [4.78, 5) is 26.0. The third-order valence-corrected chi connectivity index (χ3v) is 14.0. The van der Waals surface area contributed by atoms with E-state index < -0.39 is 11.9 Å². The van der Waals surface area contributed by atoms with E-state index in [1.165, 1.54) is 0 Å². The number of ether oxygens (including phenoxy) is 12. The molecule has 6 rings (SSSR count). The van der Waals surface area contributed by atoms with Crippen LogP contribution in [0, 0.1) is 0 Å². The summed E-state index contributed by atoms with van der Waals surface area (Å²) < 4.78 is 70.1. The molecule has 2 heterocycles. The number of hydrogen-bond acceptors (Lipinski definition) is 14. The maximum Gasteiger partial charge on any atom is 0.306 e. The third-order valence-electron chi connectivity index (χ3n) is 14.0. The molecule has 2 aliphatic heterocycles. The summed E-state index contributed by atoms with van der Waals surface area (Å²) >= 11 is 0. The van der Waals surface area contributed by atoms with E-state index in [1.54, 1.807) is 71.1 Å². The zero-order valence-electron chi connectivity index (χ0n) is 42.6. The van der Waals surface area contributed by atoms with E-state index in [0.717, 1.165) is 65.9 Å². The number of fused-ring (bicyclic) bond motifs is 2. The number of methoxy groups -OCH3 is 10. The molecule has 0 aliphatic carbocycles. The zero-order chi connectivity index (χ0) is 49.9. The van der Waals surface area contributed by atoms with Crippen molar-refractivity contribution in [3.8, 4) is 57.5 Å². The number of hydrogen-bond donors (Lipinski definition) is 0. The first-order chi connectivity index (χ1) is 33.3. The minimum absolute atomic E-state index is 0.0460. The Balaban J connectivity index is 1.06. The van der Waals surface area contributed by atoms with Gasteiger partial charge in [-0.2, -0.15) is 0 Å². The molecule has 0 fully saturated rings. The van der Waals surface area contributed by atoms with Gasteiger partial charge in [-0.25, -0.2) is 0 Å². The number of nitrogens with zero attached hydrogens (tertiary/aromatic N) is 2. The van der Waals surface area contributed by atoms with Crippen molar-refractivity contribution in [1.82, 2.24) is 0 Å². The third kappa shape index (κ3) is 11.3. The first kappa shape index (κ1) is 52.1. The van der Waals surface area contributed by atoms with Crippen LogP contribution in [0.2, 0.25) is 0 Å². The van der Waals surface area contributed by atoms with Crippen molar-refractivity contribution in [2.24, 2.45) is 0 Å². The van der Waals surface area contributed by atoms with E-state index in [0.29, 0.717) is 92.3 Å². The number of esters is 2. The second-order valence-electron chi connectivity index (χ2n) is 17.9. The predicted octanol–water partition coefficient (Wildman–Crippen LogP) is 7.50. The first-order valence-corrected chi connectivity index (χ1v) is 23.4. The molecule has 4 unspecified atom stereocenters. The number of carbonyl (C=O) groups is 2. The van der Waals surface area contributed by atoms with Gasteiger partial charge in [-0.1, -0.05) is 6.07 Å². The van der Waals surface area contributed by atoms with Crippen LogP contribution in [0.1, 0.15) is 71.1 Å². The Morgan fingerprint density at radius 3 is 1.54 bits per heavy atom. The van der Waals surface area contributed by atoms with Gasteiger partial charge in [0.25, 0.3) is 0 Å². The van der Waals surface area contributed by atoms with Gasteiger partial charge in [-0.15, -0.1) is 0 Å². The minimum Gasteiger partial charge on any atom is -0.493 e. The average Bonchev–Trinajstić information content (AvgIpc) is 3.37. The van der Waals surface area contributed by atoms with Crippen molar-refractivity contribution in [2.75, 3.05) is 125 Å². The van der Waals surface area contributed by atoms with Crippen molar-refractivity contribution in [3.05, 3.63) is 81.9 Å². The Morgan fingerprint density at radius 1 is 0.507 bits per heavy atom. The standard InChI is InChI=1S/C53H72N2O14/c1-54(23-20-36-30-46(64-9)52(66-11)53(67-12)49(36)39(54)27-34-15-16-40(58-3)41(28-34)59-4)21-13-25-68-47(56)17-18-48(57)69-26-14-22-55(2)24-19-35-29-42(60-5)43(61-6)33-38(35)50(55)37-31-44(62-7)51(65-10)45(32-37)63-8/h15-16,28-33,39,50H,13-14,17-27H2,1-12H3/q+2. The molecule has 16 nitrogen and oxygen atoms in total. The summed E-state index contributed by atoms with van der Waals surface area (Å²) in [5.74, 6) is 5.18. The Morgan fingerprint density at radius 2 is 0.986 bits per heavy atom. The van der Waals surface area contributed by atoms with E-state index in [-0.39, 0.29) is 38.1 Å². The molecule has 4 atom stereocenters. The Kier molecular flexibility index (Phi) is 17.6. The highest BCUT2D eigenvalue weighted by Crippen LogP contribution is 2.51. The van der Waals surface area contributed by atoms with Gasteiger partial charge in [-0.05, 0) is 59.2 Å². The van der Waals surface area contributed by atoms with Crippen LogP contribution in [0.5, 0.6) is 57.5 Å². The molecule has 16 heteroatoms. The van der Waals surface area contributed by atoms with Crippen LogP contribution in [0.3, 0.4) is 0 Å². The van der Waals surface area contributed by atoms with Crippen molar-refractivity contribution in [1.29, 1.82) is 0 Å². The van der Waals surface area contributed by atoms with Crippen LogP contribution in [0.15, 0.2) is 48.5 Å². The van der Waals surface area contributed by atoms with Crippen LogP contribution >= 0.6 is 0 Å². The Labute approximate surface area is 407 Å². The molecule has 2 aliphatic rings. The number of benzene rings is 4. The fourth-order valence-electron chi connectivity index (χ4n) is 10.3. The summed E-state index contributed by atoms with van der Waals surface area (Å²) in [6, 6.07) is 15.9. The van der Waals surface area contributed by atoms with Gasteiger partial charge in [0.15, 0.2) is 46.0 Å². The van der Waals surface area contributed by atoms with Crippen LogP contribution in [-0.4, -0.2) is 145 Å². The highest BCUT2D eigenvalue weighted by Gasteiger charge is 2.44. The van der Waals surface area contributed by atoms with Gasteiger partial charge in [0.05, 0.1) is 143 Å². The first-order valence-electron chi connectivity index (χ1n) is 23.4.